The number of hydrogen-bond acceptors (Lipinski definition) is 2. The van der Waals surface area contributed by atoms with Gasteiger partial charge in [-0.05, 0) is 25.5 Å². The molecular formula is C12H16F3NO. The van der Waals surface area contributed by atoms with Crippen LogP contribution in [-0.4, -0.2) is 17.3 Å². The van der Waals surface area contributed by atoms with E-state index in [9.17, 15) is 18.3 Å². The molecule has 2 N–H and O–H groups in total. The molecule has 17 heavy (non-hydrogen) atoms. The van der Waals surface area contributed by atoms with Crippen LogP contribution in [0.3, 0.4) is 0 Å². The number of rotatable bonds is 4. The van der Waals surface area contributed by atoms with E-state index in [2.05, 4.69) is 5.32 Å². The van der Waals surface area contributed by atoms with Gasteiger partial charge in [-0.3, -0.25) is 0 Å². The molecule has 0 fully saturated rings. The second-order valence-electron chi connectivity index (χ2n) is 4.61. The first kappa shape index (κ1) is 14.0. The van der Waals surface area contributed by atoms with Gasteiger partial charge in [0.2, 0.25) is 0 Å². The van der Waals surface area contributed by atoms with Gasteiger partial charge in [0.05, 0.1) is 11.2 Å². The SMILES string of the molecule is CC(C)(O)CNCc1cccc(C(F)(F)F)c1. The normalized spacial score (nSPS) is 12.8. The highest BCUT2D eigenvalue weighted by atomic mass is 19.4. The van der Waals surface area contributed by atoms with E-state index in [-0.39, 0.29) is 0 Å². The summed E-state index contributed by atoms with van der Waals surface area (Å²) >= 11 is 0. The first-order valence-electron chi connectivity index (χ1n) is 5.28. The molecule has 1 aromatic carbocycles. The number of halogens is 3. The predicted molar refractivity (Wildman–Crippen MR) is 59.4 cm³/mol. The van der Waals surface area contributed by atoms with E-state index in [0.717, 1.165) is 12.1 Å². The van der Waals surface area contributed by atoms with Crippen LogP contribution in [0.2, 0.25) is 0 Å². The molecule has 1 rings (SSSR count). The van der Waals surface area contributed by atoms with E-state index >= 15 is 0 Å². The number of benzene rings is 1. The van der Waals surface area contributed by atoms with Crippen molar-refractivity contribution in [3.63, 3.8) is 0 Å². The van der Waals surface area contributed by atoms with E-state index in [0.29, 0.717) is 18.7 Å². The third kappa shape index (κ3) is 5.19. The second-order valence-corrected chi connectivity index (χ2v) is 4.61. The van der Waals surface area contributed by atoms with Crippen LogP contribution >= 0.6 is 0 Å². The summed E-state index contributed by atoms with van der Waals surface area (Å²) in [5, 5.41) is 12.3. The van der Waals surface area contributed by atoms with Gasteiger partial charge in [-0.25, -0.2) is 0 Å². The molecule has 0 heterocycles. The lowest BCUT2D eigenvalue weighted by Crippen LogP contribution is -2.34. The molecule has 0 unspecified atom stereocenters. The smallest absolute Gasteiger partial charge is 0.389 e. The van der Waals surface area contributed by atoms with E-state index in [1.807, 2.05) is 0 Å². The van der Waals surface area contributed by atoms with Crippen LogP contribution in [0.4, 0.5) is 13.2 Å². The van der Waals surface area contributed by atoms with Gasteiger partial charge in [-0.1, -0.05) is 18.2 Å². The average Bonchev–Trinajstić information content (AvgIpc) is 2.15. The zero-order valence-electron chi connectivity index (χ0n) is 9.80. The lowest BCUT2D eigenvalue weighted by Gasteiger charge is -2.18. The van der Waals surface area contributed by atoms with Gasteiger partial charge in [-0.2, -0.15) is 13.2 Å². The lowest BCUT2D eigenvalue weighted by atomic mass is 10.1. The van der Waals surface area contributed by atoms with Gasteiger partial charge >= 0.3 is 6.18 Å². The van der Waals surface area contributed by atoms with Gasteiger partial charge in [0.1, 0.15) is 0 Å². The second kappa shape index (κ2) is 5.06. The molecular weight excluding hydrogens is 231 g/mol. The Morgan fingerprint density at radius 1 is 1.24 bits per heavy atom. The molecule has 0 amide bonds. The molecule has 96 valence electrons. The molecule has 0 aliphatic rings. The summed E-state index contributed by atoms with van der Waals surface area (Å²) in [4.78, 5) is 0. The maximum atomic E-state index is 12.4. The summed E-state index contributed by atoms with van der Waals surface area (Å²) in [5.41, 5.74) is -0.981. The molecule has 0 radical (unpaired) electrons. The quantitative estimate of drug-likeness (QED) is 0.857. The number of aliphatic hydroxyl groups is 1. The molecule has 0 bridgehead atoms. The highest BCUT2D eigenvalue weighted by Gasteiger charge is 2.30. The maximum Gasteiger partial charge on any atom is 0.416 e. The van der Waals surface area contributed by atoms with E-state index in [1.165, 1.54) is 6.07 Å². The van der Waals surface area contributed by atoms with E-state index < -0.39 is 17.3 Å². The van der Waals surface area contributed by atoms with Crippen molar-refractivity contribution in [2.75, 3.05) is 6.54 Å². The zero-order chi connectivity index (χ0) is 13.1. The molecule has 1 aromatic rings. The minimum absolute atomic E-state index is 0.300. The molecule has 2 nitrogen and oxygen atoms in total. The molecule has 0 saturated heterocycles. The Hall–Kier alpha value is -1.07. The van der Waals surface area contributed by atoms with Gasteiger partial charge in [0.15, 0.2) is 0 Å². The Labute approximate surface area is 98.5 Å². The van der Waals surface area contributed by atoms with Crippen LogP contribution in [0.25, 0.3) is 0 Å². The van der Waals surface area contributed by atoms with Crippen molar-refractivity contribution in [3.8, 4) is 0 Å². The Kier molecular flexibility index (Phi) is 4.16. The van der Waals surface area contributed by atoms with E-state index in [4.69, 9.17) is 0 Å². The monoisotopic (exact) mass is 247 g/mol. The minimum Gasteiger partial charge on any atom is -0.389 e. The van der Waals surface area contributed by atoms with Crippen molar-refractivity contribution in [1.82, 2.24) is 5.32 Å². The highest BCUT2D eigenvalue weighted by Crippen LogP contribution is 2.29. The Bertz CT molecular complexity index is 369. The number of nitrogens with one attached hydrogen (secondary N) is 1. The summed E-state index contributed by atoms with van der Waals surface area (Å²) in [6, 6.07) is 5.15. The molecule has 0 spiro atoms. The van der Waals surface area contributed by atoms with Crippen molar-refractivity contribution >= 4 is 0 Å². The average molecular weight is 247 g/mol. The van der Waals surface area contributed by atoms with Crippen LogP contribution in [0.5, 0.6) is 0 Å². The zero-order valence-corrected chi connectivity index (χ0v) is 9.80. The first-order chi connectivity index (χ1) is 7.68. The fraction of sp³-hybridized carbons (Fsp3) is 0.500. The first-order valence-corrected chi connectivity index (χ1v) is 5.28. The topological polar surface area (TPSA) is 32.3 Å². The number of alkyl halides is 3. The predicted octanol–water partition coefficient (Wildman–Crippen LogP) is 2.57. The van der Waals surface area contributed by atoms with Gasteiger partial charge in [-0.15, -0.1) is 0 Å². The van der Waals surface area contributed by atoms with Crippen molar-refractivity contribution < 1.29 is 18.3 Å². The van der Waals surface area contributed by atoms with Crippen molar-refractivity contribution in [3.05, 3.63) is 35.4 Å². The summed E-state index contributed by atoms with van der Waals surface area (Å²) in [6.07, 6.45) is -4.31. The third-order valence-corrected chi connectivity index (χ3v) is 2.14. The fourth-order valence-electron chi connectivity index (χ4n) is 1.37. The van der Waals surface area contributed by atoms with Crippen LogP contribution < -0.4 is 5.32 Å². The summed E-state index contributed by atoms with van der Waals surface area (Å²) < 4.78 is 37.3. The van der Waals surface area contributed by atoms with Crippen LogP contribution in [0.1, 0.15) is 25.0 Å². The van der Waals surface area contributed by atoms with Gasteiger partial charge in [0.25, 0.3) is 0 Å². The minimum atomic E-state index is -4.31. The van der Waals surface area contributed by atoms with Gasteiger partial charge < -0.3 is 10.4 Å². The lowest BCUT2D eigenvalue weighted by molar-refractivity contribution is -0.137. The van der Waals surface area contributed by atoms with Crippen LogP contribution in [0, 0.1) is 0 Å². The summed E-state index contributed by atoms with van der Waals surface area (Å²) in [7, 11) is 0. The van der Waals surface area contributed by atoms with Crippen molar-refractivity contribution in [1.29, 1.82) is 0 Å². The van der Waals surface area contributed by atoms with Crippen LogP contribution in [0.15, 0.2) is 24.3 Å². The largest absolute Gasteiger partial charge is 0.416 e. The molecule has 0 atom stereocenters. The molecule has 5 heteroatoms. The molecule has 0 saturated carbocycles. The van der Waals surface area contributed by atoms with Crippen molar-refractivity contribution in [2.45, 2.75) is 32.2 Å². The molecule has 0 aromatic heterocycles. The number of hydrogen-bond donors (Lipinski definition) is 2. The van der Waals surface area contributed by atoms with Crippen molar-refractivity contribution in [2.24, 2.45) is 0 Å². The Balaban J connectivity index is 2.61. The van der Waals surface area contributed by atoms with Crippen LogP contribution in [-0.2, 0) is 12.7 Å². The van der Waals surface area contributed by atoms with E-state index in [1.54, 1.807) is 19.9 Å². The maximum absolute atomic E-state index is 12.4. The Morgan fingerprint density at radius 3 is 2.41 bits per heavy atom. The third-order valence-electron chi connectivity index (χ3n) is 2.14. The summed E-state index contributed by atoms with van der Waals surface area (Å²) in [6.45, 7) is 3.88. The standard InChI is InChI=1S/C12H16F3NO/c1-11(2,17)8-16-7-9-4-3-5-10(6-9)12(13,14)15/h3-6,16-17H,7-8H2,1-2H3. The molecule has 0 aliphatic heterocycles. The van der Waals surface area contributed by atoms with Gasteiger partial charge in [0, 0.05) is 13.1 Å². The highest BCUT2D eigenvalue weighted by molar-refractivity contribution is 5.25. The molecule has 0 aliphatic carbocycles. The fourth-order valence-corrected chi connectivity index (χ4v) is 1.37. The summed E-state index contributed by atoms with van der Waals surface area (Å²) in [5.74, 6) is 0. The Morgan fingerprint density at radius 2 is 1.88 bits per heavy atom.